The van der Waals surface area contributed by atoms with Crippen molar-refractivity contribution in [2.45, 2.75) is 87.6 Å². The Morgan fingerprint density at radius 3 is 2.59 bits per heavy atom. The summed E-state index contributed by atoms with van der Waals surface area (Å²) in [7, 11) is -4.25. The van der Waals surface area contributed by atoms with Gasteiger partial charge in [0, 0.05) is 25.4 Å². The molecule has 34 heavy (non-hydrogen) atoms. The number of benzene rings is 1. The van der Waals surface area contributed by atoms with Gasteiger partial charge in [0.15, 0.2) is 11.6 Å². The molecule has 0 aromatic heterocycles. The Labute approximate surface area is 198 Å². The van der Waals surface area contributed by atoms with Crippen molar-refractivity contribution in [1.82, 2.24) is 9.62 Å². The molecule has 0 unspecified atom stereocenters. The molecule has 3 rings (SSSR count). The van der Waals surface area contributed by atoms with Gasteiger partial charge < -0.3 is 15.2 Å². The summed E-state index contributed by atoms with van der Waals surface area (Å²) >= 11 is 0. The van der Waals surface area contributed by atoms with Crippen LogP contribution in [0.5, 0.6) is 5.75 Å². The van der Waals surface area contributed by atoms with Crippen LogP contribution in [-0.2, 0) is 14.8 Å². The fraction of sp³-hybridized carbons (Fsp3) is 0.696. The molecule has 1 aromatic carbocycles. The number of nitrogens with zero attached hydrogens (tertiary/aromatic N) is 1. The highest BCUT2D eigenvalue weighted by atomic mass is 32.2. The van der Waals surface area contributed by atoms with Gasteiger partial charge in [-0.25, -0.2) is 21.6 Å². The molecular formula is C23H33F3N2O5S. The number of hydrogen-bond acceptors (Lipinski definition) is 5. The monoisotopic (exact) mass is 506 g/mol. The lowest BCUT2D eigenvalue weighted by Gasteiger charge is -2.28. The van der Waals surface area contributed by atoms with Gasteiger partial charge in [0.25, 0.3) is 0 Å². The van der Waals surface area contributed by atoms with E-state index >= 15 is 0 Å². The summed E-state index contributed by atoms with van der Waals surface area (Å²) in [5.41, 5.74) is 0.229. The van der Waals surface area contributed by atoms with E-state index in [2.05, 4.69) is 5.32 Å². The summed E-state index contributed by atoms with van der Waals surface area (Å²) in [4.78, 5) is 11.1. The first kappa shape index (κ1) is 26.7. The van der Waals surface area contributed by atoms with Gasteiger partial charge in [-0.3, -0.25) is 4.79 Å². The number of sulfonamides is 1. The molecule has 11 heteroatoms. The largest absolute Gasteiger partial charge is 0.489 e. The van der Waals surface area contributed by atoms with Crippen molar-refractivity contribution in [3.8, 4) is 5.75 Å². The number of aliphatic carboxylic acids is 1. The maximum absolute atomic E-state index is 14.8. The summed E-state index contributed by atoms with van der Waals surface area (Å²) < 4.78 is 74.1. The Morgan fingerprint density at radius 1 is 1.21 bits per heavy atom. The maximum atomic E-state index is 14.8. The number of alkyl halides is 2. The topological polar surface area (TPSA) is 95.9 Å². The zero-order chi connectivity index (χ0) is 24.9. The standard InChI is InChI=1S/C23H33F3N2O5S/c1-16-7-8-19(34(31,32)28-14-5-6-18(28)22(29)30)21(20(16)24)33-15-4-2-3-13-27-17-9-11-23(25,26)12-10-17/h7-8,17-18,27H,2-6,9-15H2,1H3,(H,29,30)/t18-/m0/s1. The van der Waals surface area contributed by atoms with Crippen LogP contribution in [0.4, 0.5) is 13.2 Å². The quantitative estimate of drug-likeness (QED) is 0.439. The molecule has 0 amide bonds. The molecule has 1 aliphatic carbocycles. The van der Waals surface area contributed by atoms with Crippen molar-refractivity contribution in [2.24, 2.45) is 0 Å². The molecule has 0 bridgehead atoms. The Kier molecular flexibility index (Phi) is 8.86. The second kappa shape index (κ2) is 11.3. The number of carboxylic acids is 1. The predicted octanol–water partition coefficient (Wildman–Crippen LogP) is 4.09. The van der Waals surface area contributed by atoms with E-state index in [4.69, 9.17) is 4.74 Å². The highest BCUT2D eigenvalue weighted by molar-refractivity contribution is 7.89. The van der Waals surface area contributed by atoms with E-state index in [-0.39, 0.29) is 54.7 Å². The second-order valence-corrected chi connectivity index (χ2v) is 11.0. The third-order valence-electron chi connectivity index (χ3n) is 6.55. The van der Waals surface area contributed by atoms with Gasteiger partial charge in [0.05, 0.1) is 6.61 Å². The molecule has 7 nitrogen and oxygen atoms in total. The van der Waals surface area contributed by atoms with E-state index in [0.717, 1.165) is 17.1 Å². The van der Waals surface area contributed by atoms with Crippen LogP contribution >= 0.6 is 0 Å². The summed E-state index contributed by atoms with van der Waals surface area (Å²) in [5, 5.41) is 12.7. The summed E-state index contributed by atoms with van der Waals surface area (Å²) in [5.74, 6) is -4.93. The van der Waals surface area contributed by atoms with Gasteiger partial charge >= 0.3 is 5.97 Å². The van der Waals surface area contributed by atoms with E-state index in [1.807, 2.05) is 0 Å². The predicted molar refractivity (Wildman–Crippen MR) is 120 cm³/mol. The Hall–Kier alpha value is -1.85. The molecule has 1 atom stereocenters. The first-order chi connectivity index (χ1) is 16.0. The molecule has 1 aliphatic heterocycles. The van der Waals surface area contributed by atoms with Gasteiger partial charge in [-0.05, 0) is 70.0 Å². The lowest BCUT2D eigenvalue weighted by molar-refractivity contribution is -0.140. The van der Waals surface area contributed by atoms with Crippen LogP contribution in [0.15, 0.2) is 17.0 Å². The van der Waals surface area contributed by atoms with Gasteiger partial charge in [-0.15, -0.1) is 0 Å². The highest BCUT2D eigenvalue weighted by Gasteiger charge is 2.41. The van der Waals surface area contributed by atoms with Crippen LogP contribution in [0, 0.1) is 12.7 Å². The normalized spacial score (nSPS) is 21.6. The number of halogens is 3. The molecule has 1 heterocycles. The van der Waals surface area contributed by atoms with E-state index in [1.54, 1.807) is 0 Å². The van der Waals surface area contributed by atoms with Crippen LogP contribution < -0.4 is 10.1 Å². The Morgan fingerprint density at radius 2 is 1.91 bits per heavy atom. The van der Waals surface area contributed by atoms with Gasteiger partial charge in [-0.1, -0.05) is 6.07 Å². The SMILES string of the molecule is Cc1ccc(S(=O)(=O)N2CCC[C@H]2C(=O)O)c(OCCCCCNC2CCC(F)(F)CC2)c1F. The molecule has 2 fully saturated rings. The average molecular weight is 507 g/mol. The lowest BCUT2D eigenvalue weighted by atomic mass is 9.92. The Bertz CT molecular complexity index is 964. The average Bonchev–Trinajstić information content (AvgIpc) is 3.28. The molecule has 0 spiro atoms. The van der Waals surface area contributed by atoms with E-state index in [0.29, 0.717) is 32.2 Å². The van der Waals surface area contributed by atoms with E-state index in [9.17, 15) is 31.5 Å². The van der Waals surface area contributed by atoms with Crippen molar-refractivity contribution in [1.29, 1.82) is 0 Å². The Balaban J connectivity index is 1.53. The number of carboxylic acid groups (broad SMARTS) is 1. The third kappa shape index (κ3) is 6.42. The van der Waals surface area contributed by atoms with Gasteiger partial charge in [0.2, 0.25) is 15.9 Å². The van der Waals surface area contributed by atoms with Crippen LogP contribution in [0.1, 0.15) is 63.4 Å². The van der Waals surface area contributed by atoms with Crippen LogP contribution in [0.3, 0.4) is 0 Å². The van der Waals surface area contributed by atoms with E-state index < -0.39 is 33.8 Å². The van der Waals surface area contributed by atoms with Crippen LogP contribution in [0.25, 0.3) is 0 Å². The molecular weight excluding hydrogens is 473 g/mol. The molecule has 0 radical (unpaired) electrons. The fourth-order valence-corrected chi connectivity index (χ4v) is 6.28. The fourth-order valence-electron chi connectivity index (χ4n) is 4.50. The number of carbonyl (C=O) groups is 1. The number of ether oxygens (including phenoxy) is 1. The minimum Gasteiger partial charge on any atom is -0.489 e. The van der Waals surface area contributed by atoms with Crippen molar-refractivity contribution in [2.75, 3.05) is 19.7 Å². The summed E-state index contributed by atoms with van der Waals surface area (Å²) in [6, 6.07) is 1.53. The van der Waals surface area contributed by atoms with Crippen molar-refractivity contribution in [3.05, 3.63) is 23.5 Å². The number of rotatable bonds is 11. The molecule has 1 aromatic rings. The molecule has 2 N–H and O–H groups in total. The zero-order valence-electron chi connectivity index (χ0n) is 19.4. The van der Waals surface area contributed by atoms with Crippen molar-refractivity contribution in [3.63, 3.8) is 0 Å². The van der Waals surface area contributed by atoms with Crippen molar-refractivity contribution < 1.29 is 36.2 Å². The van der Waals surface area contributed by atoms with Crippen LogP contribution in [-0.4, -0.2) is 61.5 Å². The zero-order valence-corrected chi connectivity index (χ0v) is 20.2. The van der Waals surface area contributed by atoms with E-state index in [1.165, 1.54) is 19.1 Å². The second-order valence-electron chi connectivity index (χ2n) is 9.13. The third-order valence-corrected chi connectivity index (χ3v) is 8.48. The highest BCUT2D eigenvalue weighted by Crippen LogP contribution is 2.35. The van der Waals surface area contributed by atoms with Crippen LogP contribution in [0.2, 0.25) is 0 Å². The maximum Gasteiger partial charge on any atom is 0.322 e. The lowest BCUT2D eigenvalue weighted by Crippen LogP contribution is -2.40. The van der Waals surface area contributed by atoms with Gasteiger partial charge in [0.1, 0.15) is 10.9 Å². The first-order valence-corrected chi connectivity index (χ1v) is 13.2. The summed E-state index contributed by atoms with van der Waals surface area (Å²) in [6.45, 7) is 2.34. The molecule has 1 saturated carbocycles. The molecule has 192 valence electrons. The number of unbranched alkanes of at least 4 members (excludes halogenated alkanes) is 2. The van der Waals surface area contributed by atoms with Gasteiger partial charge in [-0.2, -0.15) is 4.31 Å². The first-order valence-electron chi connectivity index (χ1n) is 11.8. The van der Waals surface area contributed by atoms with Crippen molar-refractivity contribution >= 4 is 16.0 Å². The minimum absolute atomic E-state index is 0.0554. The number of nitrogens with one attached hydrogen (secondary N) is 1. The smallest absolute Gasteiger partial charge is 0.322 e. The summed E-state index contributed by atoms with van der Waals surface area (Å²) in [6.07, 6.45) is 3.43. The number of aryl methyl sites for hydroxylation is 1. The number of hydrogen-bond donors (Lipinski definition) is 2. The molecule has 2 aliphatic rings. The minimum atomic E-state index is -4.25. The molecule has 1 saturated heterocycles.